The van der Waals surface area contributed by atoms with E-state index in [1.165, 1.54) is 0 Å². The van der Waals surface area contributed by atoms with Gasteiger partial charge in [0.15, 0.2) is 0 Å². The molecule has 104 valence electrons. The molecule has 2 atom stereocenters. The quantitative estimate of drug-likeness (QED) is 0.905. The van der Waals surface area contributed by atoms with Gasteiger partial charge >= 0.3 is 5.97 Å². The van der Waals surface area contributed by atoms with Crippen LogP contribution in [0.15, 0.2) is 22.7 Å². The van der Waals surface area contributed by atoms with E-state index in [-0.39, 0.29) is 12.0 Å². The summed E-state index contributed by atoms with van der Waals surface area (Å²) in [6.07, 6.45) is 1.72. The van der Waals surface area contributed by atoms with Crippen LogP contribution in [0.3, 0.4) is 0 Å². The molecule has 19 heavy (non-hydrogen) atoms. The molecule has 1 N–H and O–H groups in total. The number of halogens is 2. The SMILES string of the molecule is C[C@@H]1[C@H](C(=O)O)CCCN1Cc1ccc(Cl)c(Br)c1. The first-order valence-corrected chi connectivity index (χ1v) is 7.57. The minimum atomic E-state index is -0.686. The zero-order chi connectivity index (χ0) is 14.0. The molecule has 0 amide bonds. The van der Waals surface area contributed by atoms with Gasteiger partial charge in [0, 0.05) is 17.1 Å². The summed E-state index contributed by atoms with van der Waals surface area (Å²) in [7, 11) is 0. The van der Waals surface area contributed by atoms with Gasteiger partial charge < -0.3 is 5.11 Å². The van der Waals surface area contributed by atoms with Crippen LogP contribution in [0.4, 0.5) is 0 Å². The number of carboxylic acids is 1. The highest BCUT2D eigenvalue weighted by Crippen LogP contribution is 2.28. The number of nitrogens with zero attached hydrogens (tertiary/aromatic N) is 1. The maximum Gasteiger partial charge on any atom is 0.308 e. The molecule has 0 aromatic heterocycles. The van der Waals surface area contributed by atoms with Crippen LogP contribution in [0.25, 0.3) is 0 Å². The van der Waals surface area contributed by atoms with Crippen molar-refractivity contribution in [3.8, 4) is 0 Å². The smallest absolute Gasteiger partial charge is 0.308 e. The Bertz CT molecular complexity index is 481. The standard InChI is InChI=1S/C14H17BrClNO2/c1-9-11(14(18)19)3-2-6-17(9)8-10-4-5-13(16)12(15)7-10/h4-5,7,9,11H,2-3,6,8H2,1H3,(H,18,19)/t9-,11-/m1/s1. The summed E-state index contributed by atoms with van der Waals surface area (Å²) < 4.78 is 0.881. The number of aliphatic carboxylic acids is 1. The number of rotatable bonds is 3. The van der Waals surface area contributed by atoms with Gasteiger partial charge in [0.1, 0.15) is 0 Å². The van der Waals surface area contributed by atoms with Gasteiger partial charge in [0.05, 0.1) is 10.9 Å². The van der Waals surface area contributed by atoms with E-state index in [9.17, 15) is 9.90 Å². The third-order valence-electron chi connectivity index (χ3n) is 3.81. The van der Waals surface area contributed by atoms with Gasteiger partial charge in [-0.3, -0.25) is 9.69 Å². The lowest BCUT2D eigenvalue weighted by Gasteiger charge is -2.37. The molecule has 1 heterocycles. The summed E-state index contributed by atoms with van der Waals surface area (Å²) in [4.78, 5) is 13.4. The first-order chi connectivity index (χ1) is 8.99. The average Bonchev–Trinajstić information content (AvgIpc) is 2.36. The second kappa shape index (κ2) is 6.25. The summed E-state index contributed by atoms with van der Waals surface area (Å²) in [5, 5.41) is 9.91. The van der Waals surface area contributed by atoms with Gasteiger partial charge in [-0.25, -0.2) is 0 Å². The molecular weight excluding hydrogens is 330 g/mol. The number of carboxylic acid groups (broad SMARTS) is 1. The van der Waals surface area contributed by atoms with Gasteiger partial charge in [0.2, 0.25) is 0 Å². The number of carbonyl (C=O) groups is 1. The minimum absolute atomic E-state index is 0.0701. The Kier molecular flexibility index (Phi) is 4.87. The van der Waals surface area contributed by atoms with Gasteiger partial charge in [-0.05, 0) is 59.9 Å². The first-order valence-electron chi connectivity index (χ1n) is 6.40. The fourth-order valence-electron chi connectivity index (χ4n) is 2.64. The van der Waals surface area contributed by atoms with Gasteiger partial charge in [0.25, 0.3) is 0 Å². The monoisotopic (exact) mass is 345 g/mol. The second-order valence-corrected chi connectivity index (χ2v) is 6.31. The summed E-state index contributed by atoms with van der Waals surface area (Å²) in [5.41, 5.74) is 1.15. The van der Waals surface area contributed by atoms with Gasteiger partial charge in [-0.15, -0.1) is 0 Å². The highest BCUT2D eigenvalue weighted by molar-refractivity contribution is 9.10. The molecule has 2 rings (SSSR count). The van der Waals surface area contributed by atoms with Crippen molar-refractivity contribution < 1.29 is 9.90 Å². The molecule has 1 fully saturated rings. The van der Waals surface area contributed by atoms with Gasteiger partial charge in [-0.2, -0.15) is 0 Å². The van der Waals surface area contributed by atoms with Crippen molar-refractivity contribution in [2.24, 2.45) is 5.92 Å². The lowest BCUT2D eigenvalue weighted by Crippen LogP contribution is -2.45. The van der Waals surface area contributed by atoms with Crippen LogP contribution in [0, 0.1) is 5.92 Å². The highest BCUT2D eigenvalue weighted by atomic mass is 79.9. The van der Waals surface area contributed by atoms with Crippen molar-refractivity contribution >= 4 is 33.5 Å². The molecule has 0 aliphatic carbocycles. The van der Waals surface area contributed by atoms with Crippen LogP contribution in [-0.2, 0) is 11.3 Å². The molecule has 0 bridgehead atoms. The van der Waals surface area contributed by atoms with Crippen LogP contribution in [-0.4, -0.2) is 28.6 Å². The van der Waals surface area contributed by atoms with Crippen molar-refractivity contribution in [2.45, 2.75) is 32.4 Å². The molecular formula is C14H17BrClNO2. The Hall–Kier alpha value is -0.580. The molecule has 1 aromatic rings. The maximum atomic E-state index is 11.2. The Morgan fingerprint density at radius 2 is 2.32 bits per heavy atom. The van der Waals surface area contributed by atoms with E-state index in [1.54, 1.807) is 0 Å². The Morgan fingerprint density at radius 3 is 2.95 bits per heavy atom. The van der Waals surface area contributed by atoms with Crippen molar-refractivity contribution in [2.75, 3.05) is 6.54 Å². The normalized spacial score (nSPS) is 24.4. The van der Waals surface area contributed by atoms with Crippen LogP contribution >= 0.6 is 27.5 Å². The van der Waals surface area contributed by atoms with E-state index < -0.39 is 5.97 Å². The van der Waals surface area contributed by atoms with Crippen LogP contribution in [0.1, 0.15) is 25.3 Å². The zero-order valence-electron chi connectivity index (χ0n) is 10.8. The maximum absolute atomic E-state index is 11.2. The molecule has 1 aliphatic heterocycles. The lowest BCUT2D eigenvalue weighted by molar-refractivity contribution is -0.145. The summed E-state index contributed by atoms with van der Waals surface area (Å²) in [6.45, 7) is 3.72. The fraction of sp³-hybridized carbons (Fsp3) is 0.500. The zero-order valence-corrected chi connectivity index (χ0v) is 13.1. The van der Waals surface area contributed by atoms with Crippen molar-refractivity contribution in [3.63, 3.8) is 0 Å². The van der Waals surface area contributed by atoms with E-state index in [4.69, 9.17) is 11.6 Å². The van der Waals surface area contributed by atoms with Crippen LogP contribution in [0.2, 0.25) is 5.02 Å². The summed E-state index contributed by atoms with van der Waals surface area (Å²) >= 11 is 9.40. The Labute approximate surface area is 126 Å². The number of benzene rings is 1. The van der Waals surface area contributed by atoms with Crippen molar-refractivity contribution in [1.82, 2.24) is 4.90 Å². The number of hydrogen-bond acceptors (Lipinski definition) is 2. The van der Waals surface area contributed by atoms with E-state index in [2.05, 4.69) is 20.8 Å². The largest absolute Gasteiger partial charge is 0.481 e. The first kappa shape index (κ1) is 14.8. The molecule has 0 radical (unpaired) electrons. The molecule has 1 saturated heterocycles. The number of piperidine rings is 1. The second-order valence-electron chi connectivity index (χ2n) is 5.05. The van der Waals surface area contributed by atoms with E-state index in [1.807, 2.05) is 25.1 Å². The van der Waals surface area contributed by atoms with E-state index in [0.717, 1.165) is 36.0 Å². The predicted octanol–water partition coefficient (Wildman–Crippen LogP) is 3.79. The highest BCUT2D eigenvalue weighted by Gasteiger charge is 2.32. The van der Waals surface area contributed by atoms with Crippen molar-refractivity contribution in [1.29, 1.82) is 0 Å². The molecule has 3 nitrogen and oxygen atoms in total. The Balaban J connectivity index is 2.09. The molecule has 5 heteroatoms. The van der Waals surface area contributed by atoms with E-state index in [0.29, 0.717) is 5.02 Å². The summed E-state index contributed by atoms with van der Waals surface area (Å²) in [5.74, 6) is -0.945. The molecule has 1 aliphatic rings. The number of likely N-dealkylation sites (tertiary alicyclic amines) is 1. The molecule has 0 saturated carbocycles. The third kappa shape index (κ3) is 3.50. The topological polar surface area (TPSA) is 40.5 Å². The fourth-order valence-corrected chi connectivity index (χ4v) is 3.18. The summed E-state index contributed by atoms with van der Waals surface area (Å²) in [6, 6.07) is 5.93. The molecule has 1 aromatic carbocycles. The average molecular weight is 347 g/mol. The van der Waals surface area contributed by atoms with Gasteiger partial charge in [-0.1, -0.05) is 17.7 Å². The van der Waals surface area contributed by atoms with E-state index >= 15 is 0 Å². The van der Waals surface area contributed by atoms with Crippen LogP contribution in [0.5, 0.6) is 0 Å². The molecule has 0 spiro atoms. The van der Waals surface area contributed by atoms with Crippen LogP contribution < -0.4 is 0 Å². The Morgan fingerprint density at radius 1 is 1.58 bits per heavy atom. The predicted molar refractivity (Wildman–Crippen MR) is 79.4 cm³/mol. The molecule has 0 unspecified atom stereocenters. The lowest BCUT2D eigenvalue weighted by atomic mass is 9.90. The van der Waals surface area contributed by atoms with Crippen molar-refractivity contribution in [3.05, 3.63) is 33.3 Å². The third-order valence-corrected chi connectivity index (χ3v) is 5.02. The minimum Gasteiger partial charge on any atom is -0.481 e. The number of hydrogen-bond donors (Lipinski definition) is 1.